The van der Waals surface area contributed by atoms with Gasteiger partial charge in [0.15, 0.2) is 0 Å². The fourth-order valence-electron chi connectivity index (χ4n) is 2.44. The molecule has 0 amide bonds. The van der Waals surface area contributed by atoms with Gasteiger partial charge in [-0.1, -0.05) is 42.0 Å². The lowest BCUT2D eigenvalue weighted by molar-refractivity contribution is 0.897. The van der Waals surface area contributed by atoms with Gasteiger partial charge in [-0.25, -0.2) is 0 Å². The van der Waals surface area contributed by atoms with Crippen molar-refractivity contribution in [1.82, 2.24) is 0 Å². The zero-order chi connectivity index (χ0) is 14.0. The van der Waals surface area contributed by atoms with Crippen LogP contribution in [0.3, 0.4) is 0 Å². The molecule has 0 saturated heterocycles. The van der Waals surface area contributed by atoms with Gasteiger partial charge in [0.1, 0.15) is 0 Å². The van der Waals surface area contributed by atoms with E-state index in [1.54, 1.807) is 0 Å². The van der Waals surface area contributed by atoms with Gasteiger partial charge in [0.25, 0.3) is 0 Å². The Labute approximate surface area is 121 Å². The van der Waals surface area contributed by atoms with E-state index >= 15 is 0 Å². The first-order valence-corrected chi connectivity index (χ1v) is 7.19. The molecule has 0 bridgehead atoms. The lowest BCUT2D eigenvalue weighted by Crippen LogP contribution is -2.01. The summed E-state index contributed by atoms with van der Waals surface area (Å²) >= 11 is 6.64. The minimum absolute atomic E-state index is 0.0420. The fourth-order valence-corrected chi connectivity index (χ4v) is 2.84. The summed E-state index contributed by atoms with van der Waals surface area (Å²) in [6, 6.07) is 13.0. The lowest BCUT2D eigenvalue weighted by atomic mass is 9.95. The smallest absolute Gasteiger partial charge is 0.0628 e. The van der Waals surface area contributed by atoms with Crippen molar-refractivity contribution in [3.8, 4) is 0 Å². The predicted octanol–water partition coefficient (Wildman–Crippen LogP) is 5.44. The summed E-state index contributed by atoms with van der Waals surface area (Å²) in [5, 5.41) is 0.0420. The van der Waals surface area contributed by atoms with E-state index < -0.39 is 0 Å². The van der Waals surface area contributed by atoms with Gasteiger partial charge in [0.2, 0.25) is 0 Å². The SMILES string of the molecule is Cc1ccc(C)c(CC(Cl)c2cccc(C)c2C)c1. The Balaban J connectivity index is 2.28. The van der Waals surface area contributed by atoms with Crippen molar-refractivity contribution >= 4 is 11.6 Å². The van der Waals surface area contributed by atoms with Crippen LogP contribution in [0.5, 0.6) is 0 Å². The predicted molar refractivity (Wildman–Crippen MR) is 84.1 cm³/mol. The van der Waals surface area contributed by atoms with E-state index in [-0.39, 0.29) is 5.38 Å². The summed E-state index contributed by atoms with van der Waals surface area (Å²) in [6.45, 7) is 8.58. The van der Waals surface area contributed by atoms with Crippen molar-refractivity contribution < 1.29 is 0 Å². The topological polar surface area (TPSA) is 0 Å². The monoisotopic (exact) mass is 272 g/mol. The molecule has 2 aromatic carbocycles. The number of hydrogen-bond donors (Lipinski definition) is 0. The number of hydrogen-bond acceptors (Lipinski definition) is 0. The van der Waals surface area contributed by atoms with Crippen LogP contribution in [0, 0.1) is 27.7 Å². The Kier molecular flexibility index (Phi) is 4.31. The first kappa shape index (κ1) is 14.1. The minimum atomic E-state index is 0.0420. The highest BCUT2D eigenvalue weighted by molar-refractivity contribution is 6.21. The van der Waals surface area contributed by atoms with Crippen molar-refractivity contribution in [1.29, 1.82) is 0 Å². The van der Waals surface area contributed by atoms with E-state index in [1.165, 1.54) is 33.4 Å². The van der Waals surface area contributed by atoms with Crippen molar-refractivity contribution in [3.63, 3.8) is 0 Å². The summed E-state index contributed by atoms with van der Waals surface area (Å²) in [6.07, 6.45) is 0.888. The molecule has 100 valence electrons. The third-order valence-electron chi connectivity index (χ3n) is 3.89. The molecule has 1 unspecified atom stereocenters. The van der Waals surface area contributed by atoms with Crippen molar-refractivity contribution in [2.24, 2.45) is 0 Å². The molecule has 19 heavy (non-hydrogen) atoms. The molecule has 0 spiro atoms. The second-order valence-corrected chi connectivity index (χ2v) is 5.92. The van der Waals surface area contributed by atoms with Crippen LogP contribution >= 0.6 is 11.6 Å². The zero-order valence-corrected chi connectivity index (χ0v) is 12.9. The Morgan fingerprint density at radius 1 is 0.947 bits per heavy atom. The molecular formula is C18H21Cl. The number of halogens is 1. The van der Waals surface area contributed by atoms with E-state index in [9.17, 15) is 0 Å². The number of benzene rings is 2. The summed E-state index contributed by atoms with van der Waals surface area (Å²) in [4.78, 5) is 0. The van der Waals surface area contributed by atoms with Gasteiger partial charge < -0.3 is 0 Å². The van der Waals surface area contributed by atoms with Gasteiger partial charge in [-0.3, -0.25) is 0 Å². The average molecular weight is 273 g/mol. The molecule has 1 heteroatoms. The molecule has 0 nitrogen and oxygen atoms in total. The van der Waals surface area contributed by atoms with Gasteiger partial charge >= 0.3 is 0 Å². The largest absolute Gasteiger partial charge is 0.117 e. The number of aryl methyl sites for hydroxylation is 3. The van der Waals surface area contributed by atoms with Gasteiger partial charge in [0, 0.05) is 0 Å². The molecule has 0 aliphatic carbocycles. The minimum Gasteiger partial charge on any atom is -0.117 e. The molecule has 0 heterocycles. The van der Waals surface area contributed by atoms with Gasteiger partial charge in [-0.05, 0) is 61.9 Å². The Bertz CT molecular complexity index is 584. The number of rotatable bonds is 3. The molecule has 2 aromatic rings. The van der Waals surface area contributed by atoms with E-state index in [2.05, 4.69) is 64.1 Å². The van der Waals surface area contributed by atoms with Crippen LogP contribution in [0.4, 0.5) is 0 Å². The fraction of sp³-hybridized carbons (Fsp3) is 0.333. The normalized spacial score (nSPS) is 12.5. The molecule has 2 rings (SSSR count). The summed E-state index contributed by atoms with van der Waals surface area (Å²) in [5.41, 5.74) is 7.84. The van der Waals surface area contributed by atoms with Crippen LogP contribution in [0.1, 0.15) is 38.8 Å². The third-order valence-corrected chi connectivity index (χ3v) is 4.28. The second-order valence-electron chi connectivity index (χ2n) is 5.39. The molecule has 0 saturated carbocycles. The summed E-state index contributed by atoms with van der Waals surface area (Å²) in [5.74, 6) is 0. The van der Waals surface area contributed by atoms with Crippen LogP contribution in [0.2, 0.25) is 0 Å². The highest BCUT2D eigenvalue weighted by atomic mass is 35.5. The second kappa shape index (κ2) is 5.79. The van der Waals surface area contributed by atoms with E-state index in [4.69, 9.17) is 11.6 Å². The maximum atomic E-state index is 6.64. The van der Waals surface area contributed by atoms with E-state index in [0.29, 0.717) is 0 Å². The summed E-state index contributed by atoms with van der Waals surface area (Å²) in [7, 11) is 0. The molecule has 0 aliphatic heterocycles. The average Bonchev–Trinajstić information content (AvgIpc) is 2.37. The molecule has 0 fully saturated rings. The van der Waals surface area contributed by atoms with Crippen LogP contribution < -0.4 is 0 Å². The molecule has 0 radical (unpaired) electrons. The molecule has 0 aromatic heterocycles. The van der Waals surface area contributed by atoms with E-state index in [1.807, 2.05) is 0 Å². The van der Waals surface area contributed by atoms with Crippen molar-refractivity contribution in [3.05, 3.63) is 69.8 Å². The maximum Gasteiger partial charge on any atom is 0.0628 e. The van der Waals surface area contributed by atoms with Crippen LogP contribution in [0.15, 0.2) is 36.4 Å². The van der Waals surface area contributed by atoms with Gasteiger partial charge in [0.05, 0.1) is 5.38 Å². The summed E-state index contributed by atoms with van der Waals surface area (Å²) < 4.78 is 0. The van der Waals surface area contributed by atoms with Crippen LogP contribution in [-0.4, -0.2) is 0 Å². The van der Waals surface area contributed by atoms with E-state index in [0.717, 1.165) is 6.42 Å². The lowest BCUT2D eigenvalue weighted by Gasteiger charge is -2.16. The Morgan fingerprint density at radius 2 is 1.68 bits per heavy atom. The Hall–Kier alpha value is -1.27. The first-order chi connectivity index (χ1) is 8.99. The quantitative estimate of drug-likeness (QED) is 0.653. The highest BCUT2D eigenvalue weighted by Gasteiger charge is 2.13. The van der Waals surface area contributed by atoms with Crippen LogP contribution in [-0.2, 0) is 6.42 Å². The molecule has 0 aliphatic rings. The molecule has 1 atom stereocenters. The van der Waals surface area contributed by atoms with Gasteiger partial charge in [-0.15, -0.1) is 11.6 Å². The standard InChI is InChI=1S/C18H21Cl/c1-12-8-9-14(3)16(10-12)11-18(19)17-7-5-6-13(2)15(17)4/h5-10,18H,11H2,1-4H3. The van der Waals surface area contributed by atoms with Crippen LogP contribution in [0.25, 0.3) is 0 Å². The maximum absolute atomic E-state index is 6.64. The molecular weight excluding hydrogens is 252 g/mol. The Morgan fingerprint density at radius 3 is 2.42 bits per heavy atom. The van der Waals surface area contributed by atoms with Crippen molar-refractivity contribution in [2.45, 2.75) is 39.5 Å². The highest BCUT2D eigenvalue weighted by Crippen LogP contribution is 2.30. The zero-order valence-electron chi connectivity index (χ0n) is 12.1. The first-order valence-electron chi connectivity index (χ1n) is 6.75. The van der Waals surface area contributed by atoms with Crippen molar-refractivity contribution in [2.75, 3.05) is 0 Å². The van der Waals surface area contributed by atoms with Gasteiger partial charge in [-0.2, -0.15) is 0 Å². The molecule has 0 N–H and O–H groups in total. The number of alkyl halides is 1. The third kappa shape index (κ3) is 3.19.